The summed E-state index contributed by atoms with van der Waals surface area (Å²) in [4.78, 5) is 11.2. The van der Waals surface area contributed by atoms with Crippen LogP contribution in [0.15, 0.2) is 0 Å². The van der Waals surface area contributed by atoms with Gasteiger partial charge in [0.05, 0.1) is 5.25 Å². The summed E-state index contributed by atoms with van der Waals surface area (Å²) in [5.74, 6) is -1.11. The van der Waals surface area contributed by atoms with Crippen molar-refractivity contribution in [3.8, 4) is 0 Å². The summed E-state index contributed by atoms with van der Waals surface area (Å²) < 4.78 is 26.3. The van der Waals surface area contributed by atoms with Crippen molar-refractivity contribution in [2.45, 2.75) is 56.7 Å². The summed E-state index contributed by atoms with van der Waals surface area (Å²) in [6.07, 6.45) is 4.96. The molecule has 2 atom stereocenters. The van der Waals surface area contributed by atoms with Crippen molar-refractivity contribution in [3.05, 3.63) is 0 Å². The third-order valence-electron chi connectivity index (χ3n) is 4.21. The summed E-state index contributed by atoms with van der Waals surface area (Å²) in [5.41, 5.74) is 0. The molecule has 1 saturated heterocycles. The van der Waals surface area contributed by atoms with Crippen LogP contribution >= 0.6 is 0 Å². The van der Waals surface area contributed by atoms with Gasteiger partial charge >= 0.3 is 5.97 Å². The first kappa shape index (κ1) is 13.8. The molecule has 5 nitrogen and oxygen atoms in total. The van der Waals surface area contributed by atoms with E-state index in [1.165, 1.54) is 4.31 Å². The smallest absolute Gasteiger partial charge is 0.322 e. The van der Waals surface area contributed by atoms with Gasteiger partial charge in [0.2, 0.25) is 10.0 Å². The van der Waals surface area contributed by atoms with Crippen molar-refractivity contribution in [3.63, 3.8) is 0 Å². The van der Waals surface area contributed by atoms with Crippen LogP contribution in [0.4, 0.5) is 0 Å². The van der Waals surface area contributed by atoms with Crippen molar-refractivity contribution in [1.82, 2.24) is 4.31 Å². The molecule has 0 amide bonds. The minimum atomic E-state index is -3.44. The maximum atomic E-state index is 12.5. The SMILES string of the molecule is CC1CCN(S(=O)(=O)C2CCCCC2)C1C(=O)O. The average Bonchev–Trinajstić information content (AvgIpc) is 2.73. The summed E-state index contributed by atoms with van der Waals surface area (Å²) in [6, 6.07) is -0.864. The number of hydrogen-bond acceptors (Lipinski definition) is 3. The molecule has 6 heteroatoms. The second kappa shape index (κ2) is 5.17. The zero-order chi connectivity index (χ0) is 13.3. The Morgan fingerprint density at radius 3 is 2.33 bits per heavy atom. The third-order valence-corrected chi connectivity index (χ3v) is 6.58. The Hall–Kier alpha value is -0.620. The predicted octanol–water partition coefficient (Wildman–Crippen LogP) is 1.44. The second-order valence-electron chi connectivity index (χ2n) is 5.46. The Labute approximate surface area is 108 Å². The van der Waals surface area contributed by atoms with Gasteiger partial charge in [-0.1, -0.05) is 26.2 Å². The molecule has 1 N–H and O–H groups in total. The van der Waals surface area contributed by atoms with E-state index in [1.807, 2.05) is 6.92 Å². The van der Waals surface area contributed by atoms with Crippen molar-refractivity contribution < 1.29 is 18.3 Å². The predicted molar refractivity (Wildman–Crippen MR) is 67.7 cm³/mol. The van der Waals surface area contributed by atoms with Crippen molar-refractivity contribution in [1.29, 1.82) is 0 Å². The molecule has 104 valence electrons. The van der Waals surface area contributed by atoms with Crippen LogP contribution < -0.4 is 0 Å². The zero-order valence-corrected chi connectivity index (χ0v) is 11.5. The fraction of sp³-hybridized carbons (Fsp3) is 0.917. The van der Waals surface area contributed by atoms with Crippen molar-refractivity contribution in [2.24, 2.45) is 5.92 Å². The molecule has 1 saturated carbocycles. The van der Waals surface area contributed by atoms with E-state index in [4.69, 9.17) is 0 Å². The lowest BCUT2D eigenvalue weighted by atomic mass is 10.0. The lowest BCUT2D eigenvalue weighted by Gasteiger charge is -2.29. The first-order chi connectivity index (χ1) is 8.44. The molecular formula is C12H21NO4S. The molecule has 0 bridgehead atoms. The normalized spacial score (nSPS) is 31.6. The molecule has 0 aromatic carbocycles. The lowest BCUT2D eigenvalue weighted by Crippen LogP contribution is -2.47. The minimum Gasteiger partial charge on any atom is -0.480 e. The van der Waals surface area contributed by atoms with Crippen molar-refractivity contribution >= 4 is 16.0 Å². The summed E-state index contributed by atoms with van der Waals surface area (Å²) in [7, 11) is -3.44. The van der Waals surface area contributed by atoms with Gasteiger partial charge in [-0.3, -0.25) is 4.79 Å². The van der Waals surface area contributed by atoms with E-state index in [-0.39, 0.29) is 11.2 Å². The highest BCUT2D eigenvalue weighted by Crippen LogP contribution is 2.33. The standard InChI is InChI=1S/C12H21NO4S/c1-9-7-8-13(11(9)12(14)15)18(16,17)10-5-3-2-4-6-10/h9-11H,2-8H2,1H3,(H,14,15). The zero-order valence-electron chi connectivity index (χ0n) is 10.7. The number of carbonyl (C=O) groups is 1. The van der Waals surface area contributed by atoms with E-state index in [9.17, 15) is 18.3 Å². The maximum absolute atomic E-state index is 12.5. The molecule has 1 aliphatic carbocycles. The van der Waals surface area contributed by atoms with Crippen LogP contribution in [-0.2, 0) is 14.8 Å². The van der Waals surface area contributed by atoms with E-state index in [2.05, 4.69) is 0 Å². The van der Waals surface area contributed by atoms with Crippen LogP contribution in [-0.4, -0.2) is 41.6 Å². The number of nitrogens with zero attached hydrogens (tertiary/aromatic N) is 1. The molecule has 2 fully saturated rings. The largest absolute Gasteiger partial charge is 0.480 e. The van der Waals surface area contributed by atoms with E-state index in [1.54, 1.807) is 0 Å². The van der Waals surface area contributed by atoms with Gasteiger partial charge in [0, 0.05) is 6.54 Å². The topological polar surface area (TPSA) is 74.7 Å². The molecule has 0 aromatic rings. The van der Waals surface area contributed by atoms with Crippen LogP contribution in [0, 0.1) is 5.92 Å². The lowest BCUT2D eigenvalue weighted by molar-refractivity contribution is -0.141. The van der Waals surface area contributed by atoms with Crippen LogP contribution in [0.1, 0.15) is 45.4 Å². The van der Waals surface area contributed by atoms with Gasteiger partial charge in [-0.2, -0.15) is 4.31 Å². The molecule has 0 radical (unpaired) electrons. The molecular weight excluding hydrogens is 254 g/mol. The third kappa shape index (κ3) is 2.40. The molecule has 2 rings (SSSR count). The Balaban J connectivity index is 2.21. The van der Waals surface area contributed by atoms with E-state index >= 15 is 0 Å². The Morgan fingerprint density at radius 1 is 1.17 bits per heavy atom. The van der Waals surface area contributed by atoms with Crippen LogP contribution in [0.3, 0.4) is 0 Å². The fourth-order valence-electron chi connectivity index (χ4n) is 3.12. The van der Waals surface area contributed by atoms with Gasteiger partial charge in [-0.25, -0.2) is 8.42 Å². The van der Waals surface area contributed by atoms with E-state index < -0.39 is 22.0 Å². The highest BCUT2D eigenvalue weighted by atomic mass is 32.2. The summed E-state index contributed by atoms with van der Waals surface area (Å²) in [5, 5.41) is 8.85. The first-order valence-corrected chi connectivity index (χ1v) is 8.18. The highest BCUT2D eigenvalue weighted by Gasteiger charge is 2.46. The van der Waals surface area contributed by atoms with Gasteiger partial charge in [0.15, 0.2) is 0 Å². The second-order valence-corrected chi connectivity index (χ2v) is 7.63. The number of sulfonamides is 1. The monoisotopic (exact) mass is 275 g/mol. The first-order valence-electron chi connectivity index (χ1n) is 6.68. The summed E-state index contributed by atoms with van der Waals surface area (Å²) in [6.45, 7) is 2.17. The van der Waals surface area contributed by atoms with Crippen LogP contribution in [0.5, 0.6) is 0 Å². The molecule has 0 spiro atoms. The number of rotatable bonds is 3. The quantitative estimate of drug-likeness (QED) is 0.845. The van der Waals surface area contributed by atoms with Gasteiger partial charge in [0.1, 0.15) is 6.04 Å². The van der Waals surface area contributed by atoms with Crippen molar-refractivity contribution in [2.75, 3.05) is 6.54 Å². The number of carboxylic acids is 1. The summed E-state index contributed by atoms with van der Waals surface area (Å²) >= 11 is 0. The van der Waals surface area contributed by atoms with E-state index in [0.717, 1.165) is 19.3 Å². The van der Waals surface area contributed by atoms with Crippen LogP contribution in [0.25, 0.3) is 0 Å². The maximum Gasteiger partial charge on any atom is 0.322 e. The molecule has 1 heterocycles. The molecule has 2 aliphatic rings. The highest BCUT2D eigenvalue weighted by molar-refractivity contribution is 7.89. The van der Waals surface area contributed by atoms with E-state index in [0.29, 0.717) is 25.8 Å². The van der Waals surface area contributed by atoms with Gasteiger partial charge in [-0.15, -0.1) is 0 Å². The van der Waals surface area contributed by atoms with Gasteiger partial charge < -0.3 is 5.11 Å². The Kier molecular flexibility index (Phi) is 3.96. The number of carboxylic acid groups (broad SMARTS) is 1. The number of aliphatic carboxylic acids is 1. The molecule has 1 aliphatic heterocycles. The Morgan fingerprint density at radius 2 is 1.78 bits per heavy atom. The van der Waals surface area contributed by atoms with Gasteiger partial charge in [0.25, 0.3) is 0 Å². The molecule has 18 heavy (non-hydrogen) atoms. The fourth-order valence-corrected chi connectivity index (χ4v) is 5.40. The number of hydrogen-bond donors (Lipinski definition) is 1. The molecule has 2 unspecified atom stereocenters. The Bertz CT molecular complexity index is 414. The minimum absolute atomic E-state index is 0.0964. The average molecular weight is 275 g/mol. The molecule has 0 aromatic heterocycles. The van der Waals surface area contributed by atoms with Gasteiger partial charge in [-0.05, 0) is 25.2 Å². The van der Waals surface area contributed by atoms with Crippen LogP contribution in [0.2, 0.25) is 0 Å².